The fourth-order valence-electron chi connectivity index (χ4n) is 6.14. The van der Waals surface area contributed by atoms with Crippen molar-refractivity contribution < 1.29 is 9.47 Å². The minimum atomic E-state index is 0.144. The summed E-state index contributed by atoms with van der Waals surface area (Å²) >= 11 is 2.22. The van der Waals surface area contributed by atoms with Crippen molar-refractivity contribution in [3.8, 4) is 5.75 Å². The van der Waals surface area contributed by atoms with Crippen molar-refractivity contribution in [1.29, 1.82) is 0 Å². The SMILES string of the molecule is CC12CCC(O1)C(c1cc3c(C4CC5CCC4SC5)cc1CO3)C2. The highest BCUT2D eigenvalue weighted by molar-refractivity contribution is 8.00. The van der Waals surface area contributed by atoms with E-state index in [1.807, 2.05) is 0 Å². The normalized spacial score (nSPS) is 45.0. The summed E-state index contributed by atoms with van der Waals surface area (Å²) in [5.74, 6) is 4.87. The fraction of sp³-hybridized carbons (Fsp3) is 0.714. The van der Waals surface area contributed by atoms with E-state index in [0.717, 1.165) is 23.7 Å². The Balaban J connectivity index is 1.35. The lowest BCUT2D eigenvalue weighted by Gasteiger charge is -2.43. The Bertz CT molecular complexity index is 659. The number of thioether (sulfide) groups is 1. The van der Waals surface area contributed by atoms with Gasteiger partial charge in [-0.3, -0.25) is 0 Å². The van der Waals surface area contributed by atoms with Gasteiger partial charge in [0.05, 0.1) is 11.7 Å². The average Bonchev–Trinajstić information content (AvgIpc) is 3.19. The van der Waals surface area contributed by atoms with E-state index in [1.54, 1.807) is 5.56 Å². The highest BCUT2D eigenvalue weighted by Gasteiger charge is 2.50. The van der Waals surface area contributed by atoms with E-state index in [4.69, 9.17) is 9.47 Å². The summed E-state index contributed by atoms with van der Waals surface area (Å²) in [4.78, 5) is 0. The van der Waals surface area contributed by atoms with E-state index < -0.39 is 0 Å². The van der Waals surface area contributed by atoms with Crippen LogP contribution in [-0.2, 0) is 11.3 Å². The highest BCUT2D eigenvalue weighted by atomic mass is 32.2. The Morgan fingerprint density at radius 2 is 2.08 bits per heavy atom. The van der Waals surface area contributed by atoms with Crippen LogP contribution in [-0.4, -0.2) is 22.7 Å². The lowest BCUT2D eigenvalue weighted by Crippen LogP contribution is -2.33. The first-order chi connectivity index (χ1) is 11.7. The molecule has 0 aromatic heterocycles. The van der Waals surface area contributed by atoms with Gasteiger partial charge in [0.15, 0.2) is 0 Å². The molecule has 1 aliphatic carbocycles. The van der Waals surface area contributed by atoms with E-state index in [9.17, 15) is 0 Å². The van der Waals surface area contributed by atoms with Gasteiger partial charge in [0.1, 0.15) is 12.4 Å². The quantitative estimate of drug-likeness (QED) is 0.753. The van der Waals surface area contributed by atoms with Crippen LogP contribution in [0.1, 0.15) is 74.0 Å². The van der Waals surface area contributed by atoms with Crippen LogP contribution in [0.3, 0.4) is 0 Å². The molecule has 5 fully saturated rings. The van der Waals surface area contributed by atoms with Crippen molar-refractivity contribution in [2.24, 2.45) is 5.92 Å². The third-order valence-electron chi connectivity index (χ3n) is 7.39. The van der Waals surface area contributed by atoms with Gasteiger partial charge >= 0.3 is 0 Å². The summed E-state index contributed by atoms with van der Waals surface area (Å²) < 4.78 is 12.4. The predicted octanol–water partition coefficient (Wildman–Crippen LogP) is 5.00. The molecule has 6 aliphatic heterocycles. The van der Waals surface area contributed by atoms with Crippen LogP contribution in [0, 0.1) is 5.92 Å². The van der Waals surface area contributed by atoms with E-state index in [-0.39, 0.29) is 5.60 Å². The molecule has 128 valence electrons. The standard InChI is InChI=1S/C21H26O2S/c1-21-5-4-18(23-21)17(9-21)14-8-19-15(7-13(14)10-22-19)16-6-12-2-3-20(16)24-11-12/h7-8,12,16-18,20H,2-6,9-11H2,1H3. The van der Waals surface area contributed by atoms with Crippen LogP contribution in [0.15, 0.2) is 12.1 Å². The summed E-state index contributed by atoms with van der Waals surface area (Å²) in [6.07, 6.45) is 8.39. The lowest BCUT2D eigenvalue weighted by molar-refractivity contribution is 0.0269. The summed E-state index contributed by atoms with van der Waals surface area (Å²) in [5, 5.41) is 0.832. The van der Waals surface area contributed by atoms with Gasteiger partial charge in [0.2, 0.25) is 0 Å². The summed E-state index contributed by atoms with van der Waals surface area (Å²) in [5.41, 5.74) is 4.67. The molecule has 1 saturated carbocycles. The molecule has 1 aromatic carbocycles. The zero-order valence-electron chi connectivity index (χ0n) is 14.4. The zero-order valence-corrected chi connectivity index (χ0v) is 15.2. The monoisotopic (exact) mass is 342 g/mol. The molecule has 0 amide bonds. The number of hydrogen-bond acceptors (Lipinski definition) is 3. The number of hydrogen-bond donors (Lipinski definition) is 0. The van der Waals surface area contributed by atoms with Crippen molar-refractivity contribution in [2.75, 3.05) is 5.75 Å². The molecular formula is C21H26O2S. The van der Waals surface area contributed by atoms with Crippen molar-refractivity contribution in [3.63, 3.8) is 0 Å². The first-order valence-corrected chi connectivity index (χ1v) is 10.8. The zero-order chi connectivity index (χ0) is 15.9. The number of benzene rings is 1. The van der Waals surface area contributed by atoms with Crippen LogP contribution in [0.4, 0.5) is 0 Å². The molecule has 3 heteroatoms. The second-order valence-electron chi connectivity index (χ2n) is 8.99. The van der Waals surface area contributed by atoms with E-state index in [2.05, 4.69) is 30.8 Å². The molecule has 0 radical (unpaired) electrons. The van der Waals surface area contributed by atoms with E-state index >= 15 is 0 Å². The average molecular weight is 343 g/mol. The molecule has 4 saturated heterocycles. The number of rotatable bonds is 2. The van der Waals surface area contributed by atoms with Crippen LogP contribution in [0.2, 0.25) is 0 Å². The number of fused-ring (bicyclic) bond motifs is 9. The largest absolute Gasteiger partial charge is 0.489 e. The van der Waals surface area contributed by atoms with Gasteiger partial charge in [-0.05, 0) is 91.9 Å². The molecule has 6 bridgehead atoms. The third-order valence-corrected chi connectivity index (χ3v) is 9.05. The van der Waals surface area contributed by atoms with E-state index in [1.165, 1.54) is 61.2 Å². The predicted molar refractivity (Wildman–Crippen MR) is 97.0 cm³/mol. The maximum absolute atomic E-state index is 6.29. The van der Waals surface area contributed by atoms with Crippen LogP contribution in [0.5, 0.6) is 5.75 Å². The van der Waals surface area contributed by atoms with Crippen molar-refractivity contribution in [2.45, 2.75) is 80.8 Å². The Morgan fingerprint density at radius 1 is 1.12 bits per heavy atom. The van der Waals surface area contributed by atoms with Gasteiger partial charge < -0.3 is 9.47 Å². The van der Waals surface area contributed by atoms with Crippen LogP contribution < -0.4 is 4.74 Å². The summed E-state index contributed by atoms with van der Waals surface area (Å²) in [6, 6.07) is 4.92. The van der Waals surface area contributed by atoms with Gasteiger partial charge in [-0.15, -0.1) is 0 Å². The van der Waals surface area contributed by atoms with Crippen LogP contribution >= 0.6 is 11.8 Å². The second-order valence-corrected chi connectivity index (χ2v) is 10.3. The molecule has 0 spiro atoms. The lowest BCUT2D eigenvalue weighted by atomic mass is 9.74. The Hall–Kier alpha value is -0.670. The molecule has 0 N–H and O–H groups in total. The summed E-state index contributed by atoms with van der Waals surface area (Å²) in [7, 11) is 0. The highest BCUT2D eigenvalue weighted by Crippen LogP contribution is 2.55. The van der Waals surface area contributed by atoms with Crippen molar-refractivity contribution in [3.05, 3.63) is 28.8 Å². The molecule has 8 rings (SSSR count). The van der Waals surface area contributed by atoms with Gasteiger partial charge in [-0.1, -0.05) is 0 Å². The van der Waals surface area contributed by atoms with E-state index in [0.29, 0.717) is 12.0 Å². The molecular weight excluding hydrogens is 316 g/mol. The first kappa shape index (κ1) is 14.5. The molecule has 6 heterocycles. The molecule has 1 aromatic rings. The Kier molecular flexibility index (Phi) is 2.99. The minimum absolute atomic E-state index is 0.144. The fourth-order valence-corrected chi connectivity index (χ4v) is 7.75. The van der Waals surface area contributed by atoms with Gasteiger partial charge in [0, 0.05) is 11.2 Å². The summed E-state index contributed by atoms with van der Waals surface area (Å²) in [6.45, 7) is 3.10. The van der Waals surface area contributed by atoms with Crippen molar-refractivity contribution in [1.82, 2.24) is 0 Å². The van der Waals surface area contributed by atoms with Gasteiger partial charge in [-0.25, -0.2) is 0 Å². The van der Waals surface area contributed by atoms with Gasteiger partial charge in [-0.2, -0.15) is 11.8 Å². The number of ether oxygens (including phenoxy) is 2. The molecule has 7 aliphatic rings. The smallest absolute Gasteiger partial charge is 0.123 e. The molecule has 6 unspecified atom stereocenters. The Morgan fingerprint density at radius 3 is 2.67 bits per heavy atom. The maximum atomic E-state index is 6.29. The molecule has 24 heavy (non-hydrogen) atoms. The van der Waals surface area contributed by atoms with Gasteiger partial charge in [0.25, 0.3) is 0 Å². The molecule has 2 nitrogen and oxygen atoms in total. The minimum Gasteiger partial charge on any atom is -0.489 e. The van der Waals surface area contributed by atoms with Crippen LogP contribution in [0.25, 0.3) is 0 Å². The van der Waals surface area contributed by atoms with Crippen molar-refractivity contribution >= 4 is 11.8 Å². The third kappa shape index (κ3) is 2.00. The topological polar surface area (TPSA) is 18.5 Å². The first-order valence-electron chi connectivity index (χ1n) is 9.77. The maximum Gasteiger partial charge on any atom is 0.123 e. The second kappa shape index (κ2) is 4.94. The molecule has 6 atom stereocenters. The Labute approximate surface area is 148 Å².